The van der Waals surface area contributed by atoms with Crippen molar-refractivity contribution >= 4 is 11.6 Å². The molecule has 0 fully saturated rings. The first-order valence-corrected chi connectivity index (χ1v) is 5.78. The molecule has 1 atom stereocenters. The quantitative estimate of drug-likeness (QED) is 0.796. The predicted molar refractivity (Wildman–Crippen MR) is 68.6 cm³/mol. The van der Waals surface area contributed by atoms with Gasteiger partial charge in [-0.1, -0.05) is 0 Å². The molecule has 0 aliphatic carbocycles. The Balaban J connectivity index is 3.27. The minimum atomic E-state index is 0.00595. The molecule has 0 heterocycles. The minimum absolute atomic E-state index is 0.00595. The van der Waals surface area contributed by atoms with Gasteiger partial charge in [0.05, 0.1) is 21.3 Å². The van der Waals surface area contributed by atoms with E-state index in [-0.39, 0.29) is 6.04 Å². The van der Waals surface area contributed by atoms with E-state index >= 15 is 0 Å². The Labute approximate surface area is 107 Å². The van der Waals surface area contributed by atoms with Crippen molar-refractivity contribution in [3.63, 3.8) is 0 Å². The number of nitrogens with one attached hydrogen (secondary N) is 1. The van der Waals surface area contributed by atoms with Crippen LogP contribution in [-0.2, 0) is 0 Å². The van der Waals surface area contributed by atoms with E-state index in [0.29, 0.717) is 17.4 Å². The highest BCUT2D eigenvalue weighted by atomic mass is 35.5. The molecule has 0 radical (unpaired) electrons. The third-order valence-electron chi connectivity index (χ3n) is 2.61. The summed E-state index contributed by atoms with van der Waals surface area (Å²) in [6, 6.07) is 3.68. The standard InChI is InChI=1S/C12H18ClNO3/c1-14-9(7-13)8-5-11(16-3)12(17-4)6-10(8)15-2/h5-6,9,14H,7H2,1-4H3. The van der Waals surface area contributed by atoms with E-state index < -0.39 is 0 Å². The molecule has 0 aliphatic heterocycles. The van der Waals surface area contributed by atoms with E-state index in [1.165, 1.54) is 0 Å². The first-order chi connectivity index (χ1) is 8.21. The van der Waals surface area contributed by atoms with Crippen molar-refractivity contribution < 1.29 is 14.2 Å². The number of halogens is 1. The highest BCUT2D eigenvalue weighted by molar-refractivity contribution is 6.18. The first-order valence-electron chi connectivity index (χ1n) is 5.24. The average Bonchev–Trinajstić information content (AvgIpc) is 2.39. The van der Waals surface area contributed by atoms with E-state index in [1.807, 2.05) is 13.1 Å². The second-order valence-corrected chi connectivity index (χ2v) is 3.75. The lowest BCUT2D eigenvalue weighted by atomic mass is 10.1. The van der Waals surface area contributed by atoms with Crippen LogP contribution in [0.25, 0.3) is 0 Å². The molecule has 1 unspecified atom stereocenters. The van der Waals surface area contributed by atoms with Gasteiger partial charge in [-0.3, -0.25) is 0 Å². The summed E-state index contributed by atoms with van der Waals surface area (Å²) in [5, 5.41) is 3.12. The van der Waals surface area contributed by atoms with Crippen LogP contribution in [0.4, 0.5) is 0 Å². The molecule has 0 amide bonds. The van der Waals surface area contributed by atoms with Crippen molar-refractivity contribution in [2.45, 2.75) is 6.04 Å². The van der Waals surface area contributed by atoms with Crippen molar-refractivity contribution in [1.29, 1.82) is 0 Å². The Morgan fingerprint density at radius 2 is 1.59 bits per heavy atom. The van der Waals surface area contributed by atoms with E-state index in [0.717, 1.165) is 11.3 Å². The third-order valence-corrected chi connectivity index (χ3v) is 2.92. The molecule has 0 saturated heterocycles. The maximum absolute atomic E-state index is 5.91. The lowest BCUT2D eigenvalue weighted by Crippen LogP contribution is -2.18. The largest absolute Gasteiger partial charge is 0.496 e. The van der Waals surface area contributed by atoms with Crippen molar-refractivity contribution in [3.8, 4) is 17.2 Å². The van der Waals surface area contributed by atoms with E-state index in [4.69, 9.17) is 25.8 Å². The lowest BCUT2D eigenvalue weighted by molar-refractivity contribution is 0.346. The number of hydrogen-bond acceptors (Lipinski definition) is 4. The predicted octanol–water partition coefficient (Wildman–Crippen LogP) is 2.21. The number of alkyl halides is 1. The first kappa shape index (κ1) is 13.9. The number of methoxy groups -OCH3 is 3. The van der Waals surface area contributed by atoms with Crippen LogP contribution in [0.2, 0.25) is 0 Å². The molecule has 0 aromatic heterocycles. The summed E-state index contributed by atoms with van der Waals surface area (Å²) in [4.78, 5) is 0. The van der Waals surface area contributed by atoms with Crippen LogP contribution in [0, 0.1) is 0 Å². The minimum Gasteiger partial charge on any atom is -0.496 e. The van der Waals surface area contributed by atoms with Gasteiger partial charge < -0.3 is 19.5 Å². The molecule has 5 heteroatoms. The fourth-order valence-corrected chi connectivity index (χ4v) is 1.96. The van der Waals surface area contributed by atoms with Crippen molar-refractivity contribution in [3.05, 3.63) is 17.7 Å². The summed E-state index contributed by atoms with van der Waals surface area (Å²) in [6.45, 7) is 0. The Hall–Kier alpha value is -1.13. The molecule has 1 aromatic rings. The van der Waals surface area contributed by atoms with Gasteiger partial charge in [0.25, 0.3) is 0 Å². The molecular weight excluding hydrogens is 242 g/mol. The van der Waals surface area contributed by atoms with E-state index in [2.05, 4.69) is 5.32 Å². The smallest absolute Gasteiger partial charge is 0.164 e. The normalized spacial score (nSPS) is 12.1. The number of hydrogen-bond donors (Lipinski definition) is 1. The molecule has 4 nitrogen and oxygen atoms in total. The molecule has 0 spiro atoms. The second kappa shape index (κ2) is 6.57. The number of rotatable bonds is 6. The summed E-state index contributed by atoms with van der Waals surface area (Å²) in [6.07, 6.45) is 0. The van der Waals surface area contributed by atoms with Gasteiger partial charge in [0.15, 0.2) is 11.5 Å². The summed E-state index contributed by atoms with van der Waals surface area (Å²) in [5.41, 5.74) is 0.947. The van der Waals surface area contributed by atoms with Crippen LogP contribution in [0.5, 0.6) is 17.2 Å². The van der Waals surface area contributed by atoms with Gasteiger partial charge in [0, 0.05) is 23.6 Å². The van der Waals surface area contributed by atoms with Crippen LogP contribution in [-0.4, -0.2) is 34.3 Å². The summed E-state index contributed by atoms with van der Waals surface area (Å²) in [7, 11) is 6.66. The molecule has 1 rings (SSSR count). The lowest BCUT2D eigenvalue weighted by Gasteiger charge is -2.19. The van der Waals surface area contributed by atoms with Crippen molar-refractivity contribution in [1.82, 2.24) is 5.32 Å². The summed E-state index contributed by atoms with van der Waals surface area (Å²) in [5.74, 6) is 2.47. The Bertz CT molecular complexity index is 367. The molecule has 96 valence electrons. The molecule has 17 heavy (non-hydrogen) atoms. The van der Waals surface area contributed by atoms with Crippen LogP contribution < -0.4 is 19.5 Å². The molecule has 0 aliphatic rings. The van der Waals surface area contributed by atoms with Crippen LogP contribution in [0.15, 0.2) is 12.1 Å². The highest BCUT2D eigenvalue weighted by Crippen LogP contribution is 2.37. The number of ether oxygens (including phenoxy) is 3. The van der Waals surface area contributed by atoms with Gasteiger partial charge >= 0.3 is 0 Å². The maximum Gasteiger partial charge on any atom is 0.164 e. The summed E-state index contributed by atoms with van der Waals surface area (Å²) < 4.78 is 15.8. The average molecular weight is 260 g/mol. The summed E-state index contributed by atoms with van der Waals surface area (Å²) >= 11 is 5.91. The van der Waals surface area contributed by atoms with Gasteiger partial charge in [-0.15, -0.1) is 11.6 Å². The highest BCUT2D eigenvalue weighted by Gasteiger charge is 2.17. The Kier molecular flexibility index (Phi) is 5.38. The zero-order chi connectivity index (χ0) is 12.8. The van der Waals surface area contributed by atoms with Gasteiger partial charge in [0.1, 0.15) is 5.75 Å². The van der Waals surface area contributed by atoms with Crippen LogP contribution in [0.1, 0.15) is 11.6 Å². The van der Waals surface area contributed by atoms with E-state index in [9.17, 15) is 0 Å². The Morgan fingerprint density at radius 1 is 1.06 bits per heavy atom. The second-order valence-electron chi connectivity index (χ2n) is 3.44. The molecule has 1 aromatic carbocycles. The van der Waals surface area contributed by atoms with Gasteiger partial charge in [-0.25, -0.2) is 0 Å². The maximum atomic E-state index is 5.91. The monoisotopic (exact) mass is 259 g/mol. The fraction of sp³-hybridized carbons (Fsp3) is 0.500. The number of benzene rings is 1. The zero-order valence-corrected chi connectivity index (χ0v) is 11.3. The Morgan fingerprint density at radius 3 is 2.00 bits per heavy atom. The van der Waals surface area contributed by atoms with Crippen LogP contribution >= 0.6 is 11.6 Å². The molecule has 0 bridgehead atoms. The van der Waals surface area contributed by atoms with Crippen molar-refractivity contribution in [2.75, 3.05) is 34.3 Å². The molecule has 1 N–H and O–H groups in total. The zero-order valence-electron chi connectivity index (χ0n) is 10.5. The van der Waals surface area contributed by atoms with Crippen molar-refractivity contribution in [2.24, 2.45) is 0 Å². The SMILES string of the molecule is CNC(CCl)c1cc(OC)c(OC)cc1OC. The van der Waals surface area contributed by atoms with E-state index in [1.54, 1.807) is 27.4 Å². The fourth-order valence-electron chi connectivity index (χ4n) is 1.64. The molecular formula is C12H18ClNO3. The van der Waals surface area contributed by atoms with Gasteiger partial charge in [0.2, 0.25) is 0 Å². The third kappa shape index (κ3) is 2.96. The molecule has 0 saturated carbocycles. The van der Waals surface area contributed by atoms with Gasteiger partial charge in [-0.2, -0.15) is 0 Å². The van der Waals surface area contributed by atoms with Crippen LogP contribution in [0.3, 0.4) is 0 Å². The topological polar surface area (TPSA) is 39.7 Å². The van der Waals surface area contributed by atoms with Gasteiger partial charge in [-0.05, 0) is 13.1 Å².